The highest BCUT2D eigenvalue weighted by Crippen LogP contribution is 2.27. The Kier molecular flexibility index (Phi) is 4.41. The van der Waals surface area contributed by atoms with Gasteiger partial charge in [-0.15, -0.1) is 0 Å². The van der Waals surface area contributed by atoms with Crippen molar-refractivity contribution in [2.75, 3.05) is 10.9 Å². The summed E-state index contributed by atoms with van der Waals surface area (Å²) in [6.45, 7) is 0. The van der Waals surface area contributed by atoms with E-state index in [1.54, 1.807) is 48.5 Å². The molecule has 0 bridgehead atoms. The Morgan fingerprint density at radius 1 is 0.700 bits per heavy atom. The average Bonchev–Trinajstić information content (AvgIpc) is 2.48. The van der Waals surface area contributed by atoms with Crippen LogP contribution >= 0.6 is 0 Å². The molecule has 2 aromatic carbocycles. The molecule has 2 aromatic rings. The van der Waals surface area contributed by atoms with Crippen LogP contribution < -0.4 is 10.9 Å². The van der Waals surface area contributed by atoms with Crippen LogP contribution in [0, 0.1) is 0 Å². The Hall–Kier alpha value is -3.20. The van der Waals surface area contributed by atoms with Gasteiger partial charge in [0, 0.05) is 0 Å². The zero-order valence-corrected chi connectivity index (χ0v) is 10.3. The van der Waals surface area contributed by atoms with E-state index in [-0.39, 0.29) is 0 Å². The van der Waals surface area contributed by atoms with Crippen LogP contribution in [0.3, 0.4) is 0 Å². The van der Waals surface area contributed by atoms with Crippen molar-refractivity contribution in [2.45, 2.75) is 0 Å². The molecular formula is C14H10N4O2. The maximum absolute atomic E-state index is 10.3. The number of nitrogens with one attached hydrogen (secondary N) is 2. The van der Waals surface area contributed by atoms with Crippen molar-refractivity contribution in [1.29, 1.82) is 0 Å². The van der Waals surface area contributed by atoms with Crippen molar-refractivity contribution in [3.05, 3.63) is 48.5 Å². The molecule has 0 saturated carbocycles. The Bertz CT molecular complexity index is 640. The standard InChI is InChI=1S/C14H10N4O2/c19-9-15-11-5-1-3-7-13(11)17-18-14-8-4-2-6-12(14)16-10-20/h1-8,17-18H. The van der Waals surface area contributed by atoms with E-state index in [2.05, 4.69) is 20.8 Å². The van der Waals surface area contributed by atoms with Gasteiger partial charge in [-0.3, -0.25) is 10.9 Å². The quantitative estimate of drug-likeness (QED) is 0.495. The third kappa shape index (κ3) is 3.17. The molecule has 0 radical (unpaired) electrons. The first-order valence-corrected chi connectivity index (χ1v) is 5.71. The first-order valence-electron chi connectivity index (χ1n) is 5.71. The maximum atomic E-state index is 10.3. The highest BCUT2D eigenvalue weighted by Gasteiger charge is 2.02. The number of carbonyl (C=O) groups excluding carboxylic acids is 2. The van der Waals surface area contributed by atoms with Gasteiger partial charge in [-0.1, -0.05) is 24.3 Å². The molecule has 0 spiro atoms. The van der Waals surface area contributed by atoms with E-state index >= 15 is 0 Å². The van der Waals surface area contributed by atoms with Gasteiger partial charge in [-0.2, -0.15) is 9.98 Å². The van der Waals surface area contributed by atoms with E-state index in [1.165, 1.54) is 12.2 Å². The first-order chi connectivity index (χ1) is 9.85. The Morgan fingerprint density at radius 2 is 1.10 bits per heavy atom. The second-order valence-electron chi connectivity index (χ2n) is 3.69. The second kappa shape index (κ2) is 6.66. The Balaban J connectivity index is 2.21. The van der Waals surface area contributed by atoms with E-state index in [1.807, 2.05) is 0 Å². The lowest BCUT2D eigenvalue weighted by atomic mass is 10.2. The summed E-state index contributed by atoms with van der Waals surface area (Å²) in [5.74, 6) is 0. The van der Waals surface area contributed by atoms with Crippen LogP contribution in [0.1, 0.15) is 0 Å². The number of para-hydroxylation sites is 4. The minimum Gasteiger partial charge on any atom is -0.299 e. The van der Waals surface area contributed by atoms with Crippen LogP contribution in [0.5, 0.6) is 0 Å². The molecule has 0 atom stereocenters. The van der Waals surface area contributed by atoms with Crippen LogP contribution in [-0.4, -0.2) is 12.2 Å². The molecule has 0 aliphatic rings. The van der Waals surface area contributed by atoms with Gasteiger partial charge >= 0.3 is 0 Å². The van der Waals surface area contributed by atoms with E-state index in [0.717, 1.165) is 0 Å². The van der Waals surface area contributed by atoms with Gasteiger partial charge in [0.2, 0.25) is 12.2 Å². The van der Waals surface area contributed by atoms with Crippen molar-refractivity contribution in [2.24, 2.45) is 9.98 Å². The molecule has 0 heterocycles. The van der Waals surface area contributed by atoms with Gasteiger partial charge < -0.3 is 0 Å². The average molecular weight is 266 g/mol. The molecular weight excluding hydrogens is 256 g/mol. The van der Waals surface area contributed by atoms with Gasteiger partial charge in [-0.25, -0.2) is 9.59 Å². The molecule has 20 heavy (non-hydrogen) atoms. The van der Waals surface area contributed by atoms with Crippen molar-refractivity contribution in [1.82, 2.24) is 0 Å². The molecule has 0 unspecified atom stereocenters. The highest BCUT2D eigenvalue weighted by atomic mass is 16.1. The fraction of sp³-hybridized carbons (Fsp3) is 0. The molecule has 6 heteroatoms. The van der Waals surface area contributed by atoms with E-state index in [0.29, 0.717) is 22.7 Å². The molecule has 2 rings (SSSR count). The summed E-state index contributed by atoms with van der Waals surface area (Å²) in [6, 6.07) is 13.9. The van der Waals surface area contributed by atoms with Crippen molar-refractivity contribution >= 4 is 34.9 Å². The van der Waals surface area contributed by atoms with E-state index in [4.69, 9.17) is 0 Å². The number of hydrogen-bond acceptors (Lipinski definition) is 6. The molecule has 0 fully saturated rings. The lowest BCUT2D eigenvalue weighted by Crippen LogP contribution is -2.08. The fourth-order valence-corrected chi connectivity index (χ4v) is 1.59. The zero-order chi connectivity index (χ0) is 14.2. The summed E-state index contributed by atoms with van der Waals surface area (Å²) in [5, 5.41) is 0. The monoisotopic (exact) mass is 266 g/mol. The minimum absolute atomic E-state index is 0.450. The van der Waals surface area contributed by atoms with E-state index < -0.39 is 0 Å². The lowest BCUT2D eigenvalue weighted by Gasteiger charge is -2.12. The van der Waals surface area contributed by atoms with Gasteiger partial charge in [0.05, 0.1) is 11.4 Å². The van der Waals surface area contributed by atoms with Crippen LogP contribution in [0.25, 0.3) is 0 Å². The first kappa shape index (κ1) is 13.2. The SMILES string of the molecule is O=C=Nc1ccccc1NNc1ccccc1N=C=O. The number of benzene rings is 2. The fourth-order valence-electron chi connectivity index (χ4n) is 1.59. The number of aliphatic imine (C=N–C) groups is 2. The molecule has 2 N–H and O–H groups in total. The van der Waals surface area contributed by atoms with Gasteiger partial charge in [-0.05, 0) is 24.3 Å². The smallest absolute Gasteiger partial charge is 0.240 e. The second-order valence-corrected chi connectivity index (χ2v) is 3.69. The van der Waals surface area contributed by atoms with Crippen molar-refractivity contribution in [3.63, 3.8) is 0 Å². The zero-order valence-electron chi connectivity index (χ0n) is 10.3. The van der Waals surface area contributed by atoms with Crippen molar-refractivity contribution < 1.29 is 9.59 Å². The van der Waals surface area contributed by atoms with Gasteiger partial charge in [0.1, 0.15) is 11.4 Å². The number of isocyanates is 2. The number of anilines is 2. The topological polar surface area (TPSA) is 82.9 Å². The van der Waals surface area contributed by atoms with Crippen LogP contribution in [0.2, 0.25) is 0 Å². The summed E-state index contributed by atoms with van der Waals surface area (Å²) in [7, 11) is 0. The highest BCUT2D eigenvalue weighted by molar-refractivity contribution is 5.73. The summed E-state index contributed by atoms with van der Waals surface area (Å²) in [6.07, 6.45) is 2.98. The Labute approximate surface area is 114 Å². The molecule has 0 aromatic heterocycles. The van der Waals surface area contributed by atoms with Gasteiger partial charge in [0.15, 0.2) is 0 Å². The Morgan fingerprint density at radius 3 is 1.50 bits per heavy atom. The summed E-state index contributed by atoms with van der Waals surface area (Å²) in [5.41, 5.74) is 7.90. The van der Waals surface area contributed by atoms with Crippen LogP contribution in [0.15, 0.2) is 58.5 Å². The van der Waals surface area contributed by atoms with Crippen LogP contribution in [-0.2, 0) is 9.59 Å². The summed E-state index contributed by atoms with van der Waals surface area (Å²) in [4.78, 5) is 27.9. The minimum atomic E-state index is 0.450. The summed E-state index contributed by atoms with van der Waals surface area (Å²) >= 11 is 0. The molecule has 6 nitrogen and oxygen atoms in total. The molecule has 0 aliphatic carbocycles. The summed E-state index contributed by atoms with van der Waals surface area (Å²) < 4.78 is 0. The molecule has 0 saturated heterocycles. The number of hydrogen-bond donors (Lipinski definition) is 2. The molecule has 0 aliphatic heterocycles. The van der Waals surface area contributed by atoms with Crippen LogP contribution in [0.4, 0.5) is 22.7 Å². The van der Waals surface area contributed by atoms with Gasteiger partial charge in [0.25, 0.3) is 0 Å². The van der Waals surface area contributed by atoms with E-state index in [9.17, 15) is 9.59 Å². The normalized spacial score (nSPS) is 9.00. The number of rotatable bonds is 5. The molecule has 0 amide bonds. The maximum Gasteiger partial charge on any atom is 0.240 e. The largest absolute Gasteiger partial charge is 0.299 e. The third-order valence-electron chi connectivity index (χ3n) is 2.47. The van der Waals surface area contributed by atoms with Crippen molar-refractivity contribution in [3.8, 4) is 0 Å². The predicted octanol–water partition coefficient (Wildman–Crippen LogP) is 3.06. The lowest BCUT2D eigenvalue weighted by molar-refractivity contribution is 0.564. The predicted molar refractivity (Wildman–Crippen MR) is 75.7 cm³/mol. The number of hydrazine groups is 1. The third-order valence-corrected chi connectivity index (χ3v) is 2.47. The number of nitrogens with zero attached hydrogens (tertiary/aromatic N) is 2. The molecule has 98 valence electrons.